The van der Waals surface area contributed by atoms with E-state index in [4.69, 9.17) is 25.5 Å². The average molecular weight is 527 g/mol. The van der Waals surface area contributed by atoms with E-state index in [1.54, 1.807) is 63.2 Å². The van der Waals surface area contributed by atoms with E-state index in [1.807, 2.05) is 13.8 Å². The molecule has 1 atom stereocenters. The van der Waals surface area contributed by atoms with Crippen LogP contribution in [0.15, 0.2) is 51.7 Å². The molecule has 0 bridgehead atoms. The fraction of sp³-hybridized carbons (Fsp3) is 0.393. The number of likely N-dealkylation sites (tertiary alicyclic amines) is 1. The lowest BCUT2D eigenvalue weighted by atomic mass is 9.97. The average Bonchev–Trinajstić information content (AvgIpc) is 3.27. The van der Waals surface area contributed by atoms with Gasteiger partial charge in [-0.05, 0) is 50.6 Å². The van der Waals surface area contributed by atoms with Crippen molar-refractivity contribution in [3.8, 4) is 11.1 Å². The van der Waals surface area contributed by atoms with Crippen LogP contribution in [0.4, 0.5) is 15.3 Å². The monoisotopic (exact) mass is 526 g/mol. The standard InChI is InChI=1S/C28H31ClN2O6/c1-16(2)25-23(17-6-8-18(29)9-7-17)24(32)21-11-10-19(14-22(21)36-25)30-26(33)35-20-12-13-31(15-20)27(34)37-28(3,4)5/h6-11,14,16,20H,12-13,15H2,1-5H3,(H,30,33)/t20-/m1/s1. The Morgan fingerprint density at radius 3 is 2.49 bits per heavy atom. The number of ether oxygens (including phenoxy) is 2. The molecular formula is C28H31ClN2O6. The first-order chi connectivity index (χ1) is 17.4. The van der Waals surface area contributed by atoms with Crippen molar-refractivity contribution in [2.75, 3.05) is 18.4 Å². The van der Waals surface area contributed by atoms with Crippen molar-refractivity contribution in [3.63, 3.8) is 0 Å². The maximum Gasteiger partial charge on any atom is 0.411 e. The van der Waals surface area contributed by atoms with Crippen LogP contribution in [0.1, 0.15) is 52.7 Å². The zero-order valence-corrected chi connectivity index (χ0v) is 22.3. The zero-order chi connectivity index (χ0) is 26.9. The van der Waals surface area contributed by atoms with Gasteiger partial charge in [0, 0.05) is 35.7 Å². The number of halogens is 1. The third kappa shape index (κ3) is 6.25. The molecule has 1 aliphatic rings. The maximum atomic E-state index is 13.4. The van der Waals surface area contributed by atoms with E-state index in [1.165, 1.54) is 4.90 Å². The SMILES string of the molecule is CC(C)c1oc2cc(NC(=O)O[C@@H]3CCN(C(=O)OC(C)(C)C)C3)ccc2c(=O)c1-c1ccc(Cl)cc1. The van der Waals surface area contributed by atoms with Gasteiger partial charge in [0.1, 0.15) is 23.0 Å². The highest BCUT2D eigenvalue weighted by Gasteiger charge is 2.32. The first kappa shape index (κ1) is 26.5. The quantitative estimate of drug-likeness (QED) is 0.401. The third-order valence-electron chi connectivity index (χ3n) is 5.89. The fourth-order valence-electron chi connectivity index (χ4n) is 4.20. The molecular weight excluding hydrogens is 496 g/mol. The van der Waals surface area contributed by atoms with Crippen molar-refractivity contribution in [2.24, 2.45) is 0 Å². The van der Waals surface area contributed by atoms with Gasteiger partial charge < -0.3 is 18.8 Å². The van der Waals surface area contributed by atoms with Crippen LogP contribution >= 0.6 is 11.6 Å². The lowest BCUT2D eigenvalue weighted by molar-refractivity contribution is 0.0263. The van der Waals surface area contributed by atoms with Crippen molar-refractivity contribution in [1.29, 1.82) is 0 Å². The molecule has 0 unspecified atom stereocenters. The molecule has 0 radical (unpaired) electrons. The predicted molar refractivity (Wildman–Crippen MR) is 143 cm³/mol. The van der Waals surface area contributed by atoms with Gasteiger partial charge in [0.2, 0.25) is 5.43 Å². The largest absolute Gasteiger partial charge is 0.460 e. The highest BCUT2D eigenvalue weighted by atomic mass is 35.5. The van der Waals surface area contributed by atoms with Crippen LogP contribution in [0.3, 0.4) is 0 Å². The summed E-state index contributed by atoms with van der Waals surface area (Å²) in [5.41, 5.74) is 1.26. The van der Waals surface area contributed by atoms with Crippen LogP contribution in [-0.4, -0.2) is 41.9 Å². The molecule has 2 heterocycles. The topological polar surface area (TPSA) is 98.1 Å². The molecule has 1 N–H and O–H groups in total. The van der Waals surface area contributed by atoms with Crippen molar-refractivity contribution in [3.05, 3.63) is 63.5 Å². The summed E-state index contributed by atoms with van der Waals surface area (Å²) in [6, 6.07) is 11.9. The van der Waals surface area contributed by atoms with Gasteiger partial charge in [-0.1, -0.05) is 37.6 Å². The summed E-state index contributed by atoms with van der Waals surface area (Å²) in [6.45, 7) is 10.0. The second-order valence-corrected chi connectivity index (χ2v) is 10.8. The molecule has 2 amide bonds. The Kier molecular flexibility index (Phi) is 7.50. The molecule has 8 nitrogen and oxygen atoms in total. The van der Waals surface area contributed by atoms with Crippen LogP contribution in [0.25, 0.3) is 22.1 Å². The summed E-state index contributed by atoms with van der Waals surface area (Å²) < 4.78 is 17.1. The number of anilines is 1. The van der Waals surface area contributed by atoms with Crippen LogP contribution in [0.5, 0.6) is 0 Å². The Labute approximate surface area is 220 Å². The summed E-state index contributed by atoms with van der Waals surface area (Å²) >= 11 is 6.02. The third-order valence-corrected chi connectivity index (χ3v) is 6.15. The number of amides is 2. The maximum absolute atomic E-state index is 13.4. The Hall–Kier alpha value is -3.52. The number of benzene rings is 2. The first-order valence-corrected chi connectivity index (χ1v) is 12.6. The normalized spacial score (nSPS) is 15.8. The molecule has 1 fully saturated rings. The van der Waals surface area contributed by atoms with Gasteiger partial charge in [-0.25, -0.2) is 9.59 Å². The summed E-state index contributed by atoms with van der Waals surface area (Å²) in [7, 11) is 0. The second-order valence-electron chi connectivity index (χ2n) is 10.4. The lowest BCUT2D eigenvalue weighted by Gasteiger charge is -2.24. The molecule has 9 heteroatoms. The van der Waals surface area contributed by atoms with Crippen molar-refractivity contribution in [1.82, 2.24) is 4.90 Å². The van der Waals surface area contributed by atoms with E-state index in [9.17, 15) is 14.4 Å². The number of rotatable bonds is 4. The van der Waals surface area contributed by atoms with E-state index in [2.05, 4.69) is 5.32 Å². The molecule has 3 aromatic rings. The number of fused-ring (bicyclic) bond motifs is 1. The molecule has 37 heavy (non-hydrogen) atoms. The van der Waals surface area contributed by atoms with E-state index in [0.717, 1.165) is 5.56 Å². The number of carbonyl (C=O) groups excluding carboxylic acids is 2. The number of nitrogens with zero attached hydrogens (tertiary/aromatic N) is 1. The molecule has 196 valence electrons. The number of hydrogen-bond donors (Lipinski definition) is 1. The van der Waals surface area contributed by atoms with Gasteiger partial charge in [0.05, 0.1) is 17.5 Å². The molecule has 1 aliphatic heterocycles. The summed E-state index contributed by atoms with van der Waals surface area (Å²) in [4.78, 5) is 39.7. The molecule has 0 spiro atoms. The van der Waals surface area contributed by atoms with Crippen LogP contribution in [0.2, 0.25) is 5.02 Å². The number of hydrogen-bond acceptors (Lipinski definition) is 6. The Morgan fingerprint density at radius 2 is 1.84 bits per heavy atom. The van der Waals surface area contributed by atoms with Crippen LogP contribution in [-0.2, 0) is 9.47 Å². The predicted octanol–water partition coefficient (Wildman–Crippen LogP) is 6.79. The Balaban J connectivity index is 1.50. The van der Waals surface area contributed by atoms with E-state index >= 15 is 0 Å². The molecule has 1 aromatic heterocycles. The second kappa shape index (κ2) is 10.5. The van der Waals surface area contributed by atoms with E-state index in [-0.39, 0.29) is 17.9 Å². The van der Waals surface area contributed by atoms with Crippen molar-refractivity contribution in [2.45, 2.75) is 58.7 Å². The smallest absolute Gasteiger partial charge is 0.411 e. The fourth-order valence-corrected chi connectivity index (χ4v) is 4.33. The van der Waals surface area contributed by atoms with Gasteiger partial charge >= 0.3 is 12.2 Å². The van der Waals surface area contributed by atoms with Crippen LogP contribution in [0, 0.1) is 0 Å². The molecule has 0 saturated carbocycles. The number of carbonyl (C=O) groups is 2. The summed E-state index contributed by atoms with van der Waals surface area (Å²) in [5.74, 6) is 0.493. The molecule has 4 rings (SSSR count). The van der Waals surface area contributed by atoms with Gasteiger partial charge in [0.15, 0.2) is 0 Å². The molecule has 0 aliphatic carbocycles. The number of nitrogens with one attached hydrogen (secondary N) is 1. The Bertz CT molecular complexity index is 1370. The summed E-state index contributed by atoms with van der Waals surface area (Å²) in [6.07, 6.45) is -1.01. The highest BCUT2D eigenvalue weighted by molar-refractivity contribution is 6.30. The molecule has 1 saturated heterocycles. The van der Waals surface area contributed by atoms with Gasteiger partial charge in [-0.15, -0.1) is 0 Å². The van der Waals surface area contributed by atoms with Gasteiger partial charge in [-0.3, -0.25) is 10.1 Å². The van der Waals surface area contributed by atoms with Crippen molar-refractivity contribution >= 4 is 40.4 Å². The van der Waals surface area contributed by atoms with Crippen molar-refractivity contribution < 1.29 is 23.5 Å². The minimum atomic E-state index is -0.653. The van der Waals surface area contributed by atoms with Crippen LogP contribution < -0.4 is 10.7 Å². The minimum absolute atomic E-state index is 0.0559. The van der Waals surface area contributed by atoms with Gasteiger partial charge in [-0.2, -0.15) is 0 Å². The lowest BCUT2D eigenvalue weighted by Crippen LogP contribution is -2.36. The highest BCUT2D eigenvalue weighted by Crippen LogP contribution is 2.31. The first-order valence-electron chi connectivity index (χ1n) is 12.2. The minimum Gasteiger partial charge on any atom is -0.460 e. The zero-order valence-electron chi connectivity index (χ0n) is 21.6. The van der Waals surface area contributed by atoms with Gasteiger partial charge in [0.25, 0.3) is 0 Å². The Morgan fingerprint density at radius 1 is 1.14 bits per heavy atom. The summed E-state index contributed by atoms with van der Waals surface area (Å²) in [5, 5.41) is 3.67. The van der Waals surface area contributed by atoms with E-state index < -0.39 is 23.9 Å². The van der Waals surface area contributed by atoms with E-state index in [0.29, 0.717) is 46.0 Å². The molecule has 2 aromatic carbocycles.